The van der Waals surface area contributed by atoms with Crippen LogP contribution in [0.5, 0.6) is 17.2 Å². The number of amidine groups is 1. The summed E-state index contributed by atoms with van der Waals surface area (Å²) in [4.78, 5) is 19.4. The largest absolute Gasteiger partial charge is 0.504 e. The second kappa shape index (κ2) is 6.84. The first kappa shape index (κ1) is 18.1. The van der Waals surface area contributed by atoms with Crippen LogP contribution in [0.25, 0.3) is 5.70 Å². The molecule has 1 unspecified atom stereocenters. The predicted octanol–water partition coefficient (Wildman–Crippen LogP) is 3.75. The topological polar surface area (TPSA) is 71.4 Å². The monoisotopic (exact) mass is 408 g/mol. The predicted molar refractivity (Wildman–Crippen MR) is 112 cm³/mol. The Bertz CT molecular complexity index is 1090. The Morgan fingerprint density at radius 2 is 2.00 bits per heavy atom. The molecule has 0 aromatic heterocycles. The van der Waals surface area contributed by atoms with Gasteiger partial charge < -0.3 is 14.6 Å². The molecule has 2 aromatic rings. The van der Waals surface area contributed by atoms with Gasteiger partial charge in [-0.2, -0.15) is 0 Å². The number of carbonyl (C=O) groups excluding carboxylic acids is 1. The lowest BCUT2D eigenvalue weighted by atomic mass is 9.82. The van der Waals surface area contributed by atoms with Gasteiger partial charge >= 0.3 is 0 Å². The van der Waals surface area contributed by atoms with E-state index in [1.807, 2.05) is 18.2 Å². The maximum atomic E-state index is 12.7. The van der Waals surface area contributed by atoms with E-state index in [1.165, 1.54) is 24.4 Å². The molecule has 2 heterocycles. The van der Waals surface area contributed by atoms with Gasteiger partial charge in [-0.15, -0.1) is 0 Å². The number of carbonyl (C=O) groups is 1. The molecule has 1 atom stereocenters. The number of phenols is 1. The molecule has 6 nitrogen and oxygen atoms in total. The van der Waals surface area contributed by atoms with Crippen molar-refractivity contribution in [3.63, 3.8) is 0 Å². The number of aromatic hydroxyl groups is 1. The number of thioether (sulfide) groups is 1. The molecule has 0 spiro atoms. The molecule has 5 rings (SSSR count). The molecule has 1 amide bonds. The summed E-state index contributed by atoms with van der Waals surface area (Å²) >= 11 is 1.47. The van der Waals surface area contributed by atoms with E-state index in [4.69, 9.17) is 14.5 Å². The number of aryl methyl sites for hydroxylation is 1. The summed E-state index contributed by atoms with van der Waals surface area (Å²) in [5, 5.41) is 10.8. The van der Waals surface area contributed by atoms with Crippen LogP contribution >= 0.6 is 11.8 Å². The number of benzene rings is 2. The van der Waals surface area contributed by atoms with Crippen molar-refractivity contribution in [1.29, 1.82) is 0 Å². The molecule has 7 heteroatoms. The van der Waals surface area contributed by atoms with Crippen LogP contribution in [0.2, 0.25) is 0 Å². The summed E-state index contributed by atoms with van der Waals surface area (Å²) in [5.74, 6) is 1.76. The summed E-state index contributed by atoms with van der Waals surface area (Å²) in [6.07, 6.45) is 1.66. The van der Waals surface area contributed by atoms with Crippen molar-refractivity contribution in [3.8, 4) is 17.2 Å². The molecule has 2 aromatic carbocycles. The molecule has 2 aliphatic heterocycles. The number of methoxy groups -OCH3 is 2. The minimum absolute atomic E-state index is 0.0536. The molecular weight excluding hydrogens is 388 g/mol. The van der Waals surface area contributed by atoms with Crippen molar-refractivity contribution < 1.29 is 19.4 Å². The average Bonchev–Trinajstić information content (AvgIpc) is 3.12. The zero-order chi connectivity index (χ0) is 20.1. The van der Waals surface area contributed by atoms with E-state index in [0.717, 1.165) is 46.2 Å². The fraction of sp³-hybridized carbons (Fsp3) is 0.273. The van der Waals surface area contributed by atoms with Crippen LogP contribution < -0.4 is 9.47 Å². The third-order valence-corrected chi connectivity index (χ3v) is 6.59. The first-order chi connectivity index (χ1) is 14.1. The summed E-state index contributed by atoms with van der Waals surface area (Å²) in [5.41, 5.74) is 5.27. The molecule has 0 bridgehead atoms. The van der Waals surface area contributed by atoms with E-state index in [2.05, 4.69) is 12.1 Å². The Kier molecular flexibility index (Phi) is 4.28. The molecule has 29 heavy (non-hydrogen) atoms. The van der Waals surface area contributed by atoms with Crippen molar-refractivity contribution in [2.24, 2.45) is 4.99 Å². The van der Waals surface area contributed by atoms with Crippen LogP contribution in [0.3, 0.4) is 0 Å². The lowest BCUT2D eigenvalue weighted by Crippen LogP contribution is -2.38. The molecule has 148 valence electrons. The Morgan fingerprint density at radius 3 is 2.79 bits per heavy atom. The normalized spacial score (nSPS) is 20.1. The Labute approximate surface area is 172 Å². The molecule has 1 saturated heterocycles. The summed E-state index contributed by atoms with van der Waals surface area (Å²) < 4.78 is 10.7. The lowest BCUT2D eigenvalue weighted by Gasteiger charge is -2.37. The molecule has 1 fully saturated rings. The van der Waals surface area contributed by atoms with Crippen LogP contribution in [0, 0.1) is 0 Å². The van der Waals surface area contributed by atoms with Crippen molar-refractivity contribution in [2.45, 2.75) is 18.9 Å². The van der Waals surface area contributed by atoms with Crippen molar-refractivity contribution in [1.82, 2.24) is 4.90 Å². The van der Waals surface area contributed by atoms with Crippen molar-refractivity contribution in [3.05, 3.63) is 58.7 Å². The standard InChI is InChI=1S/C22H20N2O4S/c1-27-14-5-7-15-12(9-14)3-6-16-20(15)23-22-24(19(26)11-29-22)21(16)13-4-8-17(25)18(10-13)28-2/h4-5,7-10,21,25H,3,6,11H2,1-2H3. The average molecular weight is 408 g/mol. The van der Waals surface area contributed by atoms with Crippen LogP contribution in [-0.4, -0.2) is 41.1 Å². The molecule has 1 aliphatic carbocycles. The van der Waals surface area contributed by atoms with Gasteiger partial charge in [0.2, 0.25) is 5.91 Å². The van der Waals surface area contributed by atoms with Crippen LogP contribution in [-0.2, 0) is 11.2 Å². The summed E-state index contributed by atoms with van der Waals surface area (Å²) in [6, 6.07) is 11.1. The first-order valence-electron chi connectivity index (χ1n) is 9.41. The van der Waals surface area contributed by atoms with E-state index < -0.39 is 0 Å². The summed E-state index contributed by atoms with van der Waals surface area (Å²) in [6.45, 7) is 0. The van der Waals surface area contributed by atoms with Crippen LogP contribution in [0.1, 0.15) is 29.2 Å². The highest BCUT2D eigenvalue weighted by atomic mass is 32.2. The fourth-order valence-electron chi connectivity index (χ4n) is 4.27. The van der Waals surface area contributed by atoms with Gasteiger partial charge in [0.15, 0.2) is 16.7 Å². The van der Waals surface area contributed by atoms with Gasteiger partial charge in [0.25, 0.3) is 0 Å². The van der Waals surface area contributed by atoms with Crippen molar-refractivity contribution >= 4 is 28.5 Å². The van der Waals surface area contributed by atoms with Crippen LogP contribution in [0.4, 0.5) is 0 Å². The van der Waals surface area contributed by atoms with Gasteiger partial charge in [-0.25, -0.2) is 4.99 Å². The molecular formula is C22H20N2O4S. The smallest absolute Gasteiger partial charge is 0.239 e. The minimum Gasteiger partial charge on any atom is -0.504 e. The van der Waals surface area contributed by atoms with E-state index >= 15 is 0 Å². The van der Waals surface area contributed by atoms with Crippen molar-refractivity contribution in [2.75, 3.05) is 20.0 Å². The molecule has 0 radical (unpaired) electrons. The number of fused-ring (bicyclic) bond motifs is 3. The number of rotatable bonds is 3. The Hall–Kier alpha value is -2.93. The fourth-order valence-corrected chi connectivity index (χ4v) is 5.17. The third kappa shape index (κ3) is 2.80. The zero-order valence-electron chi connectivity index (χ0n) is 16.1. The maximum absolute atomic E-state index is 12.7. The Morgan fingerprint density at radius 1 is 1.14 bits per heavy atom. The highest BCUT2D eigenvalue weighted by Crippen LogP contribution is 2.48. The van der Waals surface area contributed by atoms with Crippen LogP contribution in [0.15, 0.2) is 47.0 Å². The van der Waals surface area contributed by atoms with Gasteiger partial charge in [0, 0.05) is 5.56 Å². The molecule has 0 saturated carbocycles. The zero-order valence-corrected chi connectivity index (χ0v) is 17.0. The van der Waals surface area contributed by atoms with Gasteiger partial charge in [0.1, 0.15) is 5.75 Å². The number of ether oxygens (including phenoxy) is 2. The number of aliphatic imine (C=N–C) groups is 1. The highest BCUT2D eigenvalue weighted by molar-refractivity contribution is 8.15. The SMILES string of the molecule is COc1ccc2c(c1)CCC1=C2N=C2SCC(=O)N2C1c1ccc(O)c(OC)c1. The second-order valence-corrected chi connectivity index (χ2v) is 8.12. The van der Waals surface area contributed by atoms with Gasteiger partial charge in [-0.3, -0.25) is 9.69 Å². The number of hydrogen-bond acceptors (Lipinski definition) is 6. The Balaban J connectivity index is 1.69. The minimum atomic E-state index is -0.246. The summed E-state index contributed by atoms with van der Waals surface area (Å²) in [7, 11) is 3.20. The number of amides is 1. The maximum Gasteiger partial charge on any atom is 0.239 e. The second-order valence-electron chi connectivity index (χ2n) is 7.18. The van der Waals surface area contributed by atoms with Gasteiger partial charge in [0.05, 0.1) is 31.7 Å². The quantitative estimate of drug-likeness (QED) is 0.838. The molecule has 3 aliphatic rings. The number of hydrogen-bond donors (Lipinski definition) is 1. The lowest BCUT2D eigenvalue weighted by molar-refractivity contribution is -0.125. The third-order valence-electron chi connectivity index (χ3n) is 5.65. The number of nitrogens with zero attached hydrogens (tertiary/aromatic N) is 2. The molecule has 1 N–H and O–H groups in total. The van der Waals surface area contributed by atoms with E-state index in [1.54, 1.807) is 18.1 Å². The van der Waals surface area contributed by atoms with E-state index in [0.29, 0.717) is 11.5 Å². The van der Waals surface area contributed by atoms with Gasteiger partial charge in [-0.05, 0) is 59.9 Å². The van der Waals surface area contributed by atoms with Gasteiger partial charge in [-0.1, -0.05) is 17.8 Å². The first-order valence-corrected chi connectivity index (χ1v) is 10.4. The number of phenolic OH excluding ortho intramolecular Hbond substituents is 1. The van der Waals surface area contributed by atoms with E-state index in [-0.39, 0.29) is 17.7 Å². The highest BCUT2D eigenvalue weighted by Gasteiger charge is 2.42. The van der Waals surface area contributed by atoms with E-state index in [9.17, 15) is 9.90 Å².